The predicted octanol–water partition coefficient (Wildman–Crippen LogP) is 4.75. The first-order valence-electron chi connectivity index (χ1n) is 7.75. The molecular weight excluding hydrogens is 288 g/mol. The molecule has 0 spiro atoms. The van der Waals surface area contributed by atoms with Gasteiger partial charge in [-0.3, -0.25) is 0 Å². The van der Waals surface area contributed by atoms with E-state index in [-0.39, 0.29) is 0 Å². The third-order valence-electron chi connectivity index (χ3n) is 4.43. The first-order valence-corrected chi connectivity index (χ1v) is 8.13. The van der Waals surface area contributed by atoms with Crippen molar-refractivity contribution in [2.45, 2.75) is 51.0 Å². The predicted molar refractivity (Wildman–Crippen MR) is 85.3 cm³/mol. The van der Waals surface area contributed by atoms with Crippen LogP contribution in [0.2, 0.25) is 5.02 Å². The minimum Gasteiger partial charge on any atom is -0.493 e. The molecule has 0 aromatic heterocycles. The van der Waals surface area contributed by atoms with Crippen LogP contribution < -0.4 is 9.47 Å². The van der Waals surface area contributed by atoms with Crippen molar-refractivity contribution in [2.75, 3.05) is 14.2 Å². The van der Waals surface area contributed by atoms with Gasteiger partial charge in [0.15, 0.2) is 11.5 Å². The van der Waals surface area contributed by atoms with Gasteiger partial charge in [-0.05, 0) is 24.8 Å². The molecule has 3 nitrogen and oxygen atoms in total. The van der Waals surface area contributed by atoms with Gasteiger partial charge in [-0.2, -0.15) is 0 Å². The van der Waals surface area contributed by atoms with Gasteiger partial charge in [0.2, 0.25) is 0 Å². The molecule has 21 heavy (non-hydrogen) atoms. The fourth-order valence-corrected chi connectivity index (χ4v) is 3.43. The largest absolute Gasteiger partial charge is 0.493 e. The standard InChI is InChI=1S/C17H25ClO3/c1-20-16-10-13(14(18)11-17(16)21-2)15(19)9-8-12-6-4-3-5-7-12/h10-12,15,19H,3-9H2,1-2H3. The van der Waals surface area contributed by atoms with Crippen molar-refractivity contribution in [1.29, 1.82) is 0 Å². The lowest BCUT2D eigenvalue weighted by Crippen LogP contribution is -2.09. The number of halogens is 1. The smallest absolute Gasteiger partial charge is 0.162 e. The zero-order valence-corrected chi connectivity index (χ0v) is 13.7. The minimum atomic E-state index is -0.542. The Kier molecular flexibility index (Phi) is 6.19. The fourth-order valence-electron chi connectivity index (χ4n) is 3.15. The summed E-state index contributed by atoms with van der Waals surface area (Å²) in [6.45, 7) is 0. The Hall–Kier alpha value is -0.930. The lowest BCUT2D eigenvalue weighted by atomic mass is 9.85. The monoisotopic (exact) mass is 312 g/mol. The molecular formula is C17H25ClO3. The molecule has 1 aliphatic carbocycles. The highest BCUT2D eigenvalue weighted by atomic mass is 35.5. The number of hydrogen-bond donors (Lipinski definition) is 1. The highest BCUT2D eigenvalue weighted by Gasteiger charge is 2.19. The van der Waals surface area contributed by atoms with Crippen LogP contribution in [-0.2, 0) is 0 Å². The Morgan fingerprint density at radius 3 is 2.38 bits per heavy atom. The molecule has 1 aliphatic rings. The van der Waals surface area contributed by atoms with Crippen LogP contribution in [0.1, 0.15) is 56.6 Å². The zero-order valence-electron chi connectivity index (χ0n) is 12.9. The van der Waals surface area contributed by atoms with E-state index in [0.717, 1.165) is 24.3 Å². The maximum absolute atomic E-state index is 10.4. The van der Waals surface area contributed by atoms with Crippen LogP contribution in [0.3, 0.4) is 0 Å². The van der Waals surface area contributed by atoms with E-state index in [2.05, 4.69) is 0 Å². The Morgan fingerprint density at radius 1 is 1.14 bits per heavy atom. The molecule has 1 fully saturated rings. The summed E-state index contributed by atoms with van der Waals surface area (Å²) < 4.78 is 10.5. The molecule has 0 radical (unpaired) electrons. The van der Waals surface area contributed by atoms with Gasteiger partial charge < -0.3 is 14.6 Å². The van der Waals surface area contributed by atoms with Gasteiger partial charge in [-0.25, -0.2) is 0 Å². The van der Waals surface area contributed by atoms with Crippen LogP contribution in [0.5, 0.6) is 11.5 Å². The highest BCUT2D eigenvalue weighted by Crippen LogP contribution is 2.38. The van der Waals surface area contributed by atoms with Crippen molar-refractivity contribution in [2.24, 2.45) is 5.92 Å². The van der Waals surface area contributed by atoms with E-state index in [9.17, 15) is 5.11 Å². The molecule has 1 unspecified atom stereocenters. The Bertz CT molecular complexity index is 456. The second-order valence-electron chi connectivity index (χ2n) is 5.83. The number of aliphatic hydroxyl groups excluding tert-OH is 1. The van der Waals surface area contributed by atoms with E-state index in [4.69, 9.17) is 21.1 Å². The average molecular weight is 313 g/mol. The number of ether oxygens (including phenoxy) is 2. The Balaban J connectivity index is 2.02. The van der Waals surface area contributed by atoms with Crippen molar-refractivity contribution in [3.63, 3.8) is 0 Å². The third kappa shape index (κ3) is 4.27. The van der Waals surface area contributed by atoms with E-state index < -0.39 is 6.10 Å². The molecule has 4 heteroatoms. The highest BCUT2D eigenvalue weighted by molar-refractivity contribution is 6.31. The lowest BCUT2D eigenvalue weighted by molar-refractivity contribution is 0.151. The number of hydrogen-bond acceptors (Lipinski definition) is 3. The van der Waals surface area contributed by atoms with E-state index in [1.165, 1.54) is 32.1 Å². The molecule has 1 N–H and O–H groups in total. The molecule has 1 aromatic carbocycles. The third-order valence-corrected chi connectivity index (χ3v) is 4.76. The van der Waals surface area contributed by atoms with E-state index in [1.807, 2.05) is 0 Å². The van der Waals surface area contributed by atoms with Gasteiger partial charge >= 0.3 is 0 Å². The molecule has 1 aromatic rings. The summed E-state index contributed by atoms with van der Waals surface area (Å²) in [4.78, 5) is 0. The van der Waals surface area contributed by atoms with E-state index >= 15 is 0 Å². The number of rotatable bonds is 6. The van der Waals surface area contributed by atoms with Gasteiger partial charge in [0.05, 0.1) is 25.3 Å². The Labute approximate surface area is 132 Å². The number of benzene rings is 1. The average Bonchev–Trinajstić information content (AvgIpc) is 2.53. The molecule has 0 heterocycles. The van der Waals surface area contributed by atoms with Crippen molar-refractivity contribution in [3.05, 3.63) is 22.7 Å². The summed E-state index contributed by atoms with van der Waals surface area (Å²) in [5.74, 6) is 1.95. The molecule has 118 valence electrons. The molecule has 1 atom stereocenters. The lowest BCUT2D eigenvalue weighted by Gasteiger charge is -2.23. The van der Waals surface area contributed by atoms with Crippen LogP contribution in [-0.4, -0.2) is 19.3 Å². The topological polar surface area (TPSA) is 38.7 Å². The summed E-state index contributed by atoms with van der Waals surface area (Å²) in [6, 6.07) is 3.49. The molecule has 0 amide bonds. The van der Waals surface area contributed by atoms with Crippen LogP contribution >= 0.6 is 11.6 Å². The molecule has 2 rings (SSSR count). The summed E-state index contributed by atoms with van der Waals surface area (Å²) in [6.07, 6.45) is 7.89. The molecule has 0 aliphatic heterocycles. The minimum absolute atomic E-state index is 0.531. The van der Waals surface area contributed by atoms with Crippen molar-refractivity contribution < 1.29 is 14.6 Å². The maximum Gasteiger partial charge on any atom is 0.162 e. The van der Waals surface area contributed by atoms with Gasteiger partial charge in [-0.1, -0.05) is 43.7 Å². The zero-order chi connectivity index (χ0) is 15.2. The van der Waals surface area contributed by atoms with Crippen molar-refractivity contribution in [3.8, 4) is 11.5 Å². The van der Waals surface area contributed by atoms with Crippen LogP contribution in [0.4, 0.5) is 0 Å². The van der Waals surface area contributed by atoms with Crippen molar-refractivity contribution in [1.82, 2.24) is 0 Å². The van der Waals surface area contributed by atoms with E-state index in [1.54, 1.807) is 26.4 Å². The maximum atomic E-state index is 10.4. The molecule has 0 bridgehead atoms. The van der Waals surface area contributed by atoms with Crippen LogP contribution in [0.25, 0.3) is 0 Å². The SMILES string of the molecule is COc1cc(Cl)c(C(O)CCC2CCCCC2)cc1OC. The van der Waals surface area contributed by atoms with Gasteiger partial charge in [0.1, 0.15) is 0 Å². The van der Waals surface area contributed by atoms with Crippen LogP contribution in [0, 0.1) is 5.92 Å². The summed E-state index contributed by atoms with van der Waals surface area (Å²) >= 11 is 6.26. The normalized spacial score (nSPS) is 17.5. The van der Waals surface area contributed by atoms with Gasteiger partial charge in [0, 0.05) is 11.6 Å². The van der Waals surface area contributed by atoms with Gasteiger partial charge in [-0.15, -0.1) is 0 Å². The molecule has 0 saturated heterocycles. The first kappa shape index (κ1) is 16.4. The summed E-state index contributed by atoms with van der Waals surface area (Å²) in [7, 11) is 3.16. The fraction of sp³-hybridized carbons (Fsp3) is 0.647. The summed E-state index contributed by atoms with van der Waals surface area (Å²) in [5, 5.41) is 11.0. The molecule has 1 saturated carbocycles. The van der Waals surface area contributed by atoms with E-state index in [0.29, 0.717) is 16.5 Å². The second kappa shape index (κ2) is 7.90. The quantitative estimate of drug-likeness (QED) is 0.823. The van der Waals surface area contributed by atoms with Crippen molar-refractivity contribution >= 4 is 11.6 Å². The number of methoxy groups -OCH3 is 2. The number of aliphatic hydroxyl groups is 1. The Morgan fingerprint density at radius 2 is 1.76 bits per heavy atom. The van der Waals surface area contributed by atoms with Crippen LogP contribution in [0.15, 0.2) is 12.1 Å². The summed E-state index contributed by atoms with van der Waals surface area (Å²) in [5.41, 5.74) is 0.727. The second-order valence-corrected chi connectivity index (χ2v) is 6.23. The first-order chi connectivity index (χ1) is 10.2. The van der Waals surface area contributed by atoms with Gasteiger partial charge in [0.25, 0.3) is 0 Å².